The third kappa shape index (κ3) is 4.87. The lowest BCUT2D eigenvalue weighted by Crippen LogP contribution is -2.54. The molecule has 1 aromatic carbocycles. The lowest BCUT2D eigenvalue weighted by molar-refractivity contribution is -0.140. The van der Waals surface area contributed by atoms with Crippen molar-refractivity contribution < 1.29 is 29.0 Å². The van der Waals surface area contributed by atoms with Gasteiger partial charge in [-0.3, -0.25) is 14.4 Å². The minimum Gasteiger partial charge on any atom is -0.497 e. The van der Waals surface area contributed by atoms with Crippen molar-refractivity contribution in [2.45, 2.75) is 68.0 Å². The second-order valence-electron chi connectivity index (χ2n) is 9.84. The quantitative estimate of drug-likeness (QED) is 0.265. The van der Waals surface area contributed by atoms with Crippen molar-refractivity contribution in [1.29, 1.82) is 0 Å². The molecule has 3 aliphatic rings. The van der Waals surface area contributed by atoms with Crippen molar-refractivity contribution in [3.8, 4) is 5.75 Å². The molecular weight excluding hydrogens is 530 g/mol. The number of nitrogens with one attached hydrogen (secondary N) is 2. The van der Waals surface area contributed by atoms with E-state index in [1.165, 1.54) is 0 Å². The summed E-state index contributed by atoms with van der Waals surface area (Å²) in [7, 11) is 1.58. The number of aliphatic hydroxyl groups excluding tert-OH is 1. The molecule has 10 heteroatoms. The highest BCUT2D eigenvalue weighted by Gasteiger charge is 2.76. The highest BCUT2D eigenvalue weighted by atomic mass is 79.9. The first-order valence-corrected chi connectivity index (χ1v) is 13.7. The smallest absolute Gasteiger partial charge is 0.250 e. The number of rotatable bonds is 12. The Morgan fingerprint density at radius 3 is 2.58 bits per heavy atom. The largest absolute Gasteiger partial charge is 0.497 e. The van der Waals surface area contributed by atoms with E-state index in [-0.39, 0.29) is 29.2 Å². The van der Waals surface area contributed by atoms with Crippen LogP contribution in [0.3, 0.4) is 0 Å². The van der Waals surface area contributed by atoms with Gasteiger partial charge < -0.3 is 30.1 Å². The summed E-state index contributed by atoms with van der Waals surface area (Å²) in [5, 5.41) is 15.0. The normalized spacial score (nSPS) is 30.4. The van der Waals surface area contributed by atoms with Crippen LogP contribution in [0.2, 0.25) is 0 Å². The number of carbonyl (C=O) groups is 3. The number of halogens is 1. The number of unbranched alkanes of at least 4 members (excludes halogenated alkanes) is 3. The van der Waals surface area contributed by atoms with Gasteiger partial charge in [0, 0.05) is 30.2 Å². The summed E-state index contributed by atoms with van der Waals surface area (Å²) in [4.78, 5) is 42.3. The standard InChI is InChI=1S/C26H36BrN3O6/c1-3-12-28-23(32)19-20-25(34)30(13-6-4-5-7-14-31)22(26(20)15-18(27)21(19)36-26)24(33)29-16-8-10-17(35-2)11-9-16/h8-11,18-22,31H,3-7,12-15H2,1-2H3,(H,28,32)(H,29,33)/t18?,19-,20+,21-,22?,26?/m1/s1. The number of hydrogen-bond donors (Lipinski definition) is 3. The molecule has 6 atom stereocenters. The van der Waals surface area contributed by atoms with Crippen molar-refractivity contribution >= 4 is 39.3 Å². The van der Waals surface area contributed by atoms with E-state index in [0.717, 1.165) is 19.3 Å². The van der Waals surface area contributed by atoms with Gasteiger partial charge in [-0.15, -0.1) is 0 Å². The maximum absolute atomic E-state index is 13.9. The lowest BCUT2D eigenvalue weighted by Gasteiger charge is -2.34. The molecular formula is C26H36BrN3O6. The van der Waals surface area contributed by atoms with Crippen LogP contribution < -0.4 is 15.4 Å². The Morgan fingerprint density at radius 1 is 1.19 bits per heavy atom. The minimum atomic E-state index is -1.06. The maximum Gasteiger partial charge on any atom is 0.250 e. The van der Waals surface area contributed by atoms with Gasteiger partial charge in [-0.2, -0.15) is 0 Å². The van der Waals surface area contributed by atoms with E-state index in [0.29, 0.717) is 43.8 Å². The average molecular weight is 566 g/mol. The fraction of sp³-hybridized carbons (Fsp3) is 0.654. The summed E-state index contributed by atoms with van der Waals surface area (Å²) in [6.07, 6.45) is 3.90. The van der Waals surface area contributed by atoms with Crippen LogP contribution in [-0.2, 0) is 19.1 Å². The van der Waals surface area contributed by atoms with Crippen molar-refractivity contribution in [2.75, 3.05) is 32.1 Å². The van der Waals surface area contributed by atoms with E-state index in [1.807, 2.05) is 6.92 Å². The van der Waals surface area contributed by atoms with Crippen LogP contribution in [-0.4, -0.2) is 77.1 Å². The monoisotopic (exact) mass is 565 g/mol. The zero-order valence-corrected chi connectivity index (χ0v) is 22.5. The molecule has 2 bridgehead atoms. The summed E-state index contributed by atoms with van der Waals surface area (Å²) in [5.74, 6) is -1.36. The molecule has 1 spiro atoms. The fourth-order valence-corrected chi connectivity index (χ4v) is 6.91. The third-order valence-electron chi connectivity index (χ3n) is 7.55. The zero-order chi connectivity index (χ0) is 25.9. The number of anilines is 1. The number of nitrogens with zero attached hydrogens (tertiary/aromatic N) is 1. The second-order valence-corrected chi connectivity index (χ2v) is 11.0. The van der Waals surface area contributed by atoms with Gasteiger partial charge in [-0.1, -0.05) is 35.7 Å². The lowest BCUT2D eigenvalue weighted by atomic mass is 9.70. The Balaban J connectivity index is 1.62. The molecule has 4 rings (SSSR count). The number of fused-ring (bicyclic) bond motifs is 1. The van der Waals surface area contributed by atoms with Crippen molar-refractivity contribution in [3.05, 3.63) is 24.3 Å². The molecule has 198 valence electrons. The predicted molar refractivity (Wildman–Crippen MR) is 138 cm³/mol. The van der Waals surface area contributed by atoms with Gasteiger partial charge in [0.05, 0.1) is 25.0 Å². The van der Waals surface area contributed by atoms with E-state index in [9.17, 15) is 14.4 Å². The number of ether oxygens (including phenoxy) is 2. The maximum atomic E-state index is 13.9. The Morgan fingerprint density at radius 2 is 1.92 bits per heavy atom. The molecule has 3 fully saturated rings. The molecule has 3 heterocycles. The van der Waals surface area contributed by atoms with Gasteiger partial charge in [0.15, 0.2) is 0 Å². The third-order valence-corrected chi connectivity index (χ3v) is 8.40. The molecule has 0 aliphatic carbocycles. The molecule has 9 nitrogen and oxygen atoms in total. The molecule has 3 aliphatic heterocycles. The van der Waals surface area contributed by atoms with Gasteiger partial charge in [-0.25, -0.2) is 0 Å². The second kappa shape index (κ2) is 11.5. The molecule has 0 saturated carbocycles. The van der Waals surface area contributed by atoms with Crippen molar-refractivity contribution in [2.24, 2.45) is 11.8 Å². The average Bonchev–Trinajstić information content (AvgIpc) is 3.46. The Bertz CT molecular complexity index is 960. The van der Waals surface area contributed by atoms with Crippen LogP contribution in [0.15, 0.2) is 24.3 Å². The number of benzene rings is 1. The van der Waals surface area contributed by atoms with Crippen LogP contribution in [0.25, 0.3) is 0 Å². The van der Waals surface area contributed by atoms with Crippen LogP contribution in [0, 0.1) is 11.8 Å². The highest BCUT2D eigenvalue weighted by molar-refractivity contribution is 9.09. The van der Waals surface area contributed by atoms with Gasteiger partial charge in [-0.05, 0) is 49.9 Å². The first kappa shape index (κ1) is 26.9. The van der Waals surface area contributed by atoms with Gasteiger partial charge in [0.1, 0.15) is 17.4 Å². The Kier molecular flexibility index (Phi) is 8.57. The molecule has 3 unspecified atom stereocenters. The van der Waals surface area contributed by atoms with Crippen LogP contribution in [0.4, 0.5) is 5.69 Å². The van der Waals surface area contributed by atoms with E-state index in [4.69, 9.17) is 14.6 Å². The summed E-state index contributed by atoms with van der Waals surface area (Å²) in [6, 6.07) is 6.18. The number of amides is 3. The molecule has 0 aromatic heterocycles. The Hall–Kier alpha value is -2.17. The SMILES string of the molecule is CCCNC(=O)[C@H]1[C@@H]2OC3(CC2Br)C(C(=O)Nc2ccc(OC)cc2)N(CCCCCCO)C(=O)[C@H]13. The summed E-state index contributed by atoms with van der Waals surface area (Å²) >= 11 is 3.68. The molecule has 3 saturated heterocycles. The summed E-state index contributed by atoms with van der Waals surface area (Å²) in [5.41, 5.74) is -0.470. The minimum absolute atomic E-state index is 0.125. The van der Waals surface area contributed by atoms with E-state index < -0.39 is 29.6 Å². The topological polar surface area (TPSA) is 117 Å². The van der Waals surface area contributed by atoms with E-state index in [1.54, 1.807) is 36.3 Å². The molecule has 3 amide bonds. The number of alkyl halides is 1. The van der Waals surface area contributed by atoms with Crippen LogP contribution in [0.1, 0.15) is 45.4 Å². The fourth-order valence-electron chi connectivity index (χ4n) is 5.97. The molecule has 3 N–H and O–H groups in total. The van der Waals surface area contributed by atoms with Crippen LogP contribution >= 0.6 is 15.9 Å². The van der Waals surface area contributed by atoms with E-state index in [2.05, 4.69) is 26.6 Å². The summed E-state index contributed by atoms with van der Waals surface area (Å²) < 4.78 is 11.7. The van der Waals surface area contributed by atoms with Gasteiger partial charge in [0.25, 0.3) is 0 Å². The number of hydrogen-bond acceptors (Lipinski definition) is 6. The molecule has 36 heavy (non-hydrogen) atoms. The van der Waals surface area contributed by atoms with Crippen LogP contribution in [0.5, 0.6) is 5.75 Å². The highest BCUT2D eigenvalue weighted by Crippen LogP contribution is 2.60. The predicted octanol–water partition coefficient (Wildman–Crippen LogP) is 2.46. The number of carbonyl (C=O) groups excluding carboxylic acids is 3. The molecule has 1 aromatic rings. The number of aliphatic hydroxyl groups is 1. The number of likely N-dealkylation sites (tertiary alicyclic amines) is 1. The van der Waals surface area contributed by atoms with Crippen molar-refractivity contribution in [3.63, 3.8) is 0 Å². The van der Waals surface area contributed by atoms with Crippen molar-refractivity contribution in [1.82, 2.24) is 10.2 Å². The first-order valence-electron chi connectivity index (χ1n) is 12.8. The zero-order valence-electron chi connectivity index (χ0n) is 20.9. The van der Waals surface area contributed by atoms with Gasteiger partial charge in [0.2, 0.25) is 17.7 Å². The first-order chi connectivity index (χ1) is 17.4. The number of methoxy groups -OCH3 is 1. The van der Waals surface area contributed by atoms with Gasteiger partial charge >= 0.3 is 0 Å². The molecule has 0 radical (unpaired) electrons. The summed E-state index contributed by atoms with van der Waals surface area (Å²) in [6.45, 7) is 3.04. The van der Waals surface area contributed by atoms with E-state index >= 15 is 0 Å². The Labute approximate surface area is 220 Å².